The largest absolute Gasteiger partial charge is 0.463 e. The predicted molar refractivity (Wildman–Crippen MR) is 140 cm³/mol. The Morgan fingerprint density at radius 2 is 0.718 bits per heavy atom. The summed E-state index contributed by atoms with van der Waals surface area (Å²) in [5.41, 5.74) is -0.817. The van der Waals surface area contributed by atoms with Gasteiger partial charge in [0.25, 0.3) is 0 Å². The van der Waals surface area contributed by atoms with Crippen molar-refractivity contribution in [2.45, 2.75) is 12.8 Å². The first kappa shape index (κ1) is 35.7. The minimum atomic E-state index is -0.817. The normalized spacial score (nSPS) is 10.7. The van der Waals surface area contributed by atoms with Gasteiger partial charge in [-0.25, -0.2) is 19.2 Å². The Bertz CT molecular complexity index is 703. The van der Waals surface area contributed by atoms with E-state index in [9.17, 15) is 19.2 Å². The minimum absolute atomic E-state index is 0.0158. The molecule has 0 aliphatic rings. The summed E-state index contributed by atoms with van der Waals surface area (Å²) in [5.74, 6) is -2.19. The van der Waals surface area contributed by atoms with Crippen LogP contribution in [0.5, 0.6) is 0 Å². The van der Waals surface area contributed by atoms with E-state index >= 15 is 0 Å². The molecule has 0 atom stereocenters. The molecule has 0 spiro atoms. The maximum Gasteiger partial charge on any atom is 0.330 e. The summed E-state index contributed by atoms with van der Waals surface area (Å²) < 4.78 is 42.8. The lowest BCUT2D eigenvalue weighted by molar-refractivity contribution is -0.145. The van der Waals surface area contributed by atoms with Crippen LogP contribution in [0.3, 0.4) is 0 Å². The molecule has 12 nitrogen and oxygen atoms in total. The van der Waals surface area contributed by atoms with E-state index in [0.29, 0.717) is 19.4 Å². The van der Waals surface area contributed by atoms with E-state index in [1.54, 1.807) is 0 Å². The Morgan fingerprint density at radius 3 is 1.05 bits per heavy atom. The van der Waals surface area contributed by atoms with Crippen LogP contribution in [0.1, 0.15) is 12.8 Å². The summed E-state index contributed by atoms with van der Waals surface area (Å²) in [6.07, 6.45) is 5.47. The first-order valence-corrected chi connectivity index (χ1v) is 12.3. The van der Waals surface area contributed by atoms with Crippen LogP contribution < -0.4 is 0 Å². The number of esters is 4. The SMILES string of the molecule is C=CC(=O)OCCCCOCC(COCCOC(=O)C=C)(COCCOC(=O)C=C)COCCOC(=O)C=C. The van der Waals surface area contributed by atoms with Crippen LogP contribution in [0.2, 0.25) is 0 Å². The second-order valence-corrected chi connectivity index (χ2v) is 7.90. The fraction of sp³-hybridized carbons (Fsp3) is 0.556. The molecule has 0 saturated heterocycles. The molecular formula is C27H40O12. The molecule has 0 aromatic carbocycles. The quantitative estimate of drug-likeness (QED) is 0.0663. The van der Waals surface area contributed by atoms with Crippen LogP contribution in [0.25, 0.3) is 0 Å². The van der Waals surface area contributed by atoms with Crippen molar-refractivity contribution in [3.05, 3.63) is 50.6 Å². The molecule has 0 unspecified atom stereocenters. The molecule has 0 aromatic rings. The molecule has 39 heavy (non-hydrogen) atoms. The Kier molecular flexibility index (Phi) is 21.7. The van der Waals surface area contributed by atoms with E-state index < -0.39 is 29.3 Å². The Hall–Kier alpha value is -3.32. The number of unbranched alkanes of at least 4 members (excludes halogenated alkanes) is 1. The zero-order chi connectivity index (χ0) is 29.2. The molecule has 0 bridgehead atoms. The first-order chi connectivity index (χ1) is 18.8. The second kappa shape index (κ2) is 23.8. The van der Waals surface area contributed by atoms with Gasteiger partial charge in [-0.15, -0.1) is 0 Å². The smallest absolute Gasteiger partial charge is 0.330 e. The summed E-state index contributed by atoms with van der Waals surface area (Å²) in [5, 5.41) is 0. The summed E-state index contributed by atoms with van der Waals surface area (Å²) in [6, 6.07) is 0. The van der Waals surface area contributed by atoms with Crippen molar-refractivity contribution >= 4 is 23.9 Å². The molecule has 0 radical (unpaired) electrons. The van der Waals surface area contributed by atoms with Gasteiger partial charge in [0.15, 0.2) is 0 Å². The highest BCUT2D eigenvalue weighted by molar-refractivity contribution is 5.82. The Labute approximate surface area is 229 Å². The third-order valence-corrected chi connectivity index (χ3v) is 4.64. The minimum Gasteiger partial charge on any atom is -0.463 e. The predicted octanol–water partition coefficient (Wildman–Crippen LogP) is 1.74. The molecule has 0 rings (SSSR count). The summed E-state index contributed by atoms with van der Waals surface area (Å²) in [7, 11) is 0. The van der Waals surface area contributed by atoms with Gasteiger partial charge in [0, 0.05) is 30.9 Å². The van der Waals surface area contributed by atoms with E-state index in [4.69, 9.17) is 37.9 Å². The van der Waals surface area contributed by atoms with Crippen LogP contribution in [0.15, 0.2) is 50.6 Å². The molecule has 0 heterocycles. The third-order valence-electron chi connectivity index (χ3n) is 4.64. The van der Waals surface area contributed by atoms with Crippen molar-refractivity contribution in [1.82, 2.24) is 0 Å². The van der Waals surface area contributed by atoms with Crippen LogP contribution in [0, 0.1) is 5.41 Å². The van der Waals surface area contributed by atoms with E-state index in [1.165, 1.54) is 0 Å². The van der Waals surface area contributed by atoms with Crippen molar-refractivity contribution in [1.29, 1.82) is 0 Å². The van der Waals surface area contributed by atoms with Crippen molar-refractivity contribution in [3.8, 4) is 0 Å². The van der Waals surface area contributed by atoms with E-state index in [-0.39, 0.29) is 72.7 Å². The molecule has 0 saturated carbocycles. The third kappa shape index (κ3) is 20.3. The fourth-order valence-electron chi connectivity index (χ4n) is 2.72. The second-order valence-electron chi connectivity index (χ2n) is 7.90. The molecule has 220 valence electrons. The number of rotatable bonds is 26. The highest BCUT2D eigenvalue weighted by atomic mass is 16.6. The maximum atomic E-state index is 11.2. The fourth-order valence-corrected chi connectivity index (χ4v) is 2.72. The molecule has 0 aliphatic carbocycles. The van der Waals surface area contributed by atoms with Gasteiger partial charge >= 0.3 is 23.9 Å². The van der Waals surface area contributed by atoms with Gasteiger partial charge in [-0.05, 0) is 12.8 Å². The molecule has 0 aliphatic heterocycles. The Balaban J connectivity index is 5.07. The van der Waals surface area contributed by atoms with Gasteiger partial charge in [0.05, 0.1) is 58.3 Å². The molecule has 0 amide bonds. The number of carbonyl (C=O) groups is 4. The van der Waals surface area contributed by atoms with Gasteiger partial charge < -0.3 is 37.9 Å². The van der Waals surface area contributed by atoms with E-state index in [2.05, 4.69) is 26.3 Å². The molecule has 12 heteroatoms. The van der Waals surface area contributed by atoms with Gasteiger partial charge in [0.1, 0.15) is 19.8 Å². The number of ether oxygens (including phenoxy) is 8. The summed E-state index contributed by atoms with van der Waals surface area (Å²) in [4.78, 5) is 44.9. The zero-order valence-electron chi connectivity index (χ0n) is 22.4. The average Bonchev–Trinajstić information content (AvgIpc) is 2.95. The monoisotopic (exact) mass is 556 g/mol. The van der Waals surface area contributed by atoms with E-state index in [1.807, 2.05) is 0 Å². The average molecular weight is 557 g/mol. The maximum absolute atomic E-state index is 11.2. The van der Waals surface area contributed by atoms with Crippen LogP contribution in [-0.2, 0) is 57.1 Å². The first-order valence-electron chi connectivity index (χ1n) is 12.3. The zero-order valence-corrected chi connectivity index (χ0v) is 22.4. The van der Waals surface area contributed by atoms with Gasteiger partial charge in [-0.3, -0.25) is 0 Å². The molecule has 0 fully saturated rings. The lowest BCUT2D eigenvalue weighted by Crippen LogP contribution is -2.42. The van der Waals surface area contributed by atoms with Crippen molar-refractivity contribution in [2.75, 3.05) is 79.3 Å². The standard InChI is InChI=1S/C27H40O12/c1-5-23(28)36-12-10-9-11-32-19-27(20-33-13-16-37-24(29)6-2,21-34-14-17-38-25(30)7-3)22-35-15-18-39-26(31)8-4/h5-8H,1-4,9-22H2. The topological polar surface area (TPSA) is 142 Å². The highest BCUT2D eigenvalue weighted by Gasteiger charge is 2.32. The molecular weight excluding hydrogens is 516 g/mol. The van der Waals surface area contributed by atoms with Crippen molar-refractivity contribution in [3.63, 3.8) is 0 Å². The molecule has 0 N–H and O–H groups in total. The number of hydrogen-bond donors (Lipinski definition) is 0. The summed E-state index contributed by atoms with van der Waals surface area (Å²) in [6.45, 7) is 14.8. The van der Waals surface area contributed by atoms with Crippen LogP contribution in [0.4, 0.5) is 0 Å². The van der Waals surface area contributed by atoms with Crippen LogP contribution in [-0.4, -0.2) is 103 Å². The lowest BCUT2D eigenvalue weighted by Gasteiger charge is -2.33. The summed E-state index contributed by atoms with van der Waals surface area (Å²) >= 11 is 0. The van der Waals surface area contributed by atoms with Crippen molar-refractivity contribution < 1.29 is 57.1 Å². The van der Waals surface area contributed by atoms with Crippen molar-refractivity contribution in [2.24, 2.45) is 5.41 Å². The van der Waals surface area contributed by atoms with Gasteiger partial charge in [-0.2, -0.15) is 0 Å². The van der Waals surface area contributed by atoms with E-state index in [0.717, 1.165) is 24.3 Å². The number of hydrogen-bond acceptors (Lipinski definition) is 12. The number of carbonyl (C=O) groups excluding carboxylic acids is 4. The Morgan fingerprint density at radius 1 is 0.436 bits per heavy atom. The van der Waals surface area contributed by atoms with Gasteiger partial charge in [0.2, 0.25) is 0 Å². The molecule has 0 aromatic heterocycles. The van der Waals surface area contributed by atoms with Gasteiger partial charge in [-0.1, -0.05) is 26.3 Å². The lowest BCUT2D eigenvalue weighted by atomic mass is 9.92. The highest BCUT2D eigenvalue weighted by Crippen LogP contribution is 2.21. The van der Waals surface area contributed by atoms with Crippen LogP contribution >= 0.6 is 0 Å².